The van der Waals surface area contributed by atoms with Gasteiger partial charge < -0.3 is 5.73 Å². The van der Waals surface area contributed by atoms with E-state index in [1.165, 1.54) is 10.5 Å². The Hall–Kier alpha value is -0.960. The van der Waals surface area contributed by atoms with Gasteiger partial charge in [0.25, 0.3) is 0 Å². The quantitative estimate of drug-likeness (QED) is 0.342. The van der Waals surface area contributed by atoms with Crippen molar-refractivity contribution >= 4 is 17.6 Å². The number of benzene rings is 1. The predicted molar refractivity (Wildman–Crippen MR) is 90.8 cm³/mol. The molecule has 0 spiro atoms. The van der Waals surface area contributed by atoms with E-state index >= 15 is 0 Å². The Labute approximate surface area is 128 Å². The van der Waals surface area contributed by atoms with Crippen molar-refractivity contribution in [2.45, 2.75) is 57.8 Å². The molecule has 0 aliphatic carbocycles. The molecule has 0 aliphatic heterocycles. The van der Waals surface area contributed by atoms with Crippen molar-refractivity contribution in [1.82, 2.24) is 0 Å². The highest BCUT2D eigenvalue weighted by molar-refractivity contribution is 7.99. The molecule has 0 fully saturated rings. The minimum atomic E-state index is -0.170. The fourth-order valence-electron chi connectivity index (χ4n) is 1.89. The van der Waals surface area contributed by atoms with Crippen molar-refractivity contribution in [2.24, 2.45) is 11.1 Å². The van der Waals surface area contributed by atoms with Crippen LogP contribution in [0.15, 0.2) is 29.2 Å². The molecular weight excluding hydrogens is 264 g/mol. The predicted octanol–water partition coefficient (Wildman–Crippen LogP) is 4.82. The van der Waals surface area contributed by atoms with Crippen LogP contribution < -0.4 is 5.73 Å². The number of nitrogens with two attached hydrogens (primary N) is 1. The van der Waals surface area contributed by atoms with Crippen molar-refractivity contribution in [3.8, 4) is 0 Å². The average Bonchev–Trinajstić information content (AvgIpc) is 2.34. The molecular formula is C17H28N2S. The van der Waals surface area contributed by atoms with Gasteiger partial charge in [-0.2, -0.15) is 0 Å². The van der Waals surface area contributed by atoms with E-state index < -0.39 is 0 Å². The summed E-state index contributed by atoms with van der Waals surface area (Å²) in [5.74, 6) is 1.36. The maximum absolute atomic E-state index is 7.55. The lowest BCUT2D eigenvalue weighted by Gasteiger charge is -2.22. The number of thioether (sulfide) groups is 1. The Morgan fingerprint density at radius 3 is 2.10 bits per heavy atom. The Morgan fingerprint density at radius 1 is 1.10 bits per heavy atom. The summed E-state index contributed by atoms with van der Waals surface area (Å²) in [5.41, 5.74) is 7.02. The highest BCUT2D eigenvalue weighted by Crippen LogP contribution is 2.28. The third kappa shape index (κ3) is 5.20. The number of hydrogen-bond acceptors (Lipinski definition) is 2. The zero-order valence-corrected chi connectivity index (χ0v) is 14.2. The summed E-state index contributed by atoms with van der Waals surface area (Å²) in [7, 11) is 0. The second-order valence-corrected chi connectivity index (χ2v) is 8.19. The van der Waals surface area contributed by atoms with Gasteiger partial charge in [0.2, 0.25) is 0 Å². The molecule has 0 saturated carbocycles. The molecule has 1 aromatic rings. The summed E-state index contributed by atoms with van der Waals surface area (Å²) in [5, 5.41) is 7.55. The summed E-state index contributed by atoms with van der Waals surface area (Å²) in [6.07, 6.45) is 2.05. The van der Waals surface area contributed by atoms with Gasteiger partial charge in [0.1, 0.15) is 0 Å². The Bertz CT molecular complexity index is 441. The monoisotopic (exact) mass is 292 g/mol. The van der Waals surface area contributed by atoms with Crippen LogP contribution in [0.2, 0.25) is 0 Å². The molecule has 3 heteroatoms. The summed E-state index contributed by atoms with van der Waals surface area (Å²) in [6, 6.07) is 8.87. The standard InChI is InChI=1S/C17H28N2S/c1-16(2,3)13-7-9-14(10-8-13)20-12-6-11-17(4,5)15(18)19/h7-10H,6,11-12H2,1-5H3,(H3,18,19). The zero-order chi connectivity index (χ0) is 15.4. The summed E-state index contributed by atoms with van der Waals surface area (Å²) in [6.45, 7) is 10.8. The molecule has 0 aliphatic rings. The second-order valence-electron chi connectivity index (χ2n) is 7.02. The van der Waals surface area contributed by atoms with Gasteiger partial charge in [-0.25, -0.2) is 0 Å². The van der Waals surface area contributed by atoms with Gasteiger partial charge in [0.15, 0.2) is 0 Å². The van der Waals surface area contributed by atoms with Gasteiger partial charge in [0.05, 0.1) is 5.84 Å². The molecule has 0 amide bonds. The van der Waals surface area contributed by atoms with Gasteiger partial charge in [0, 0.05) is 10.3 Å². The first-order valence-electron chi connectivity index (χ1n) is 7.21. The first-order valence-corrected chi connectivity index (χ1v) is 8.19. The SMILES string of the molecule is CC(C)(CCCSc1ccc(C(C)(C)C)cc1)C(=N)N. The van der Waals surface area contributed by atoms with Crippen LogP contribution in [0.1, 0.15) is 53.0 Å². The first kappa shape index (κ1) is 17.1. The highest BCUT2D eigenvalue weighted by Gasteiger charge is 2.20. The molecule has 0 aromatic heterocycles. The number of nitrogens with one attached hydrogen (secondary N) is 1. The van der Waals surface area contributed by atoms with E-state index in [9.17, 15) is 0 Å². The molecule has 1 rings (SSSR count). The lowest BCUT2D eigenvalue weighted by Crippen LogP contribution is -2.30. The molecule has 20 heavy (non-hydrogen) atoms. The largest absolute Gasteiger partial charge is 0.387 e. The van der Waals surface area contributed by atoms with Gasteiger partial charge in [-0.1, -0.05) is 46.8 Å². The third-order valence-electron chi connectivity index (χ3n) is 3.66. The van der Waals surface area contributed by atoms with E-state index in [4.69, 9.17) is 11.1 Å². The van der Waals surface area contributed by atoms with Crippen LogP contribution in [-0.4, -0.2) is 11.6 Å². The molecule has 0 saturated heterocycles. The molecule has 0 heterocycles. The molecule has 0 bridgehead atoms. The lowest BCUT2D eigenvalue weighted by molar-refractivity contribution is 0.464. The Kier molecular flexibility index (Phi) is 5.69. The normalized spacial score (nSPS) is 12.4. The third-order valence-corrected chi connectivity index (χ3v) is 4.76. The molecule has 112 valence electrons. The van der Waals surface area contributed by atoms with Crippen LogP contribution >= 0.6 is 11.8 Å². The minimum Gasteiger partial charge on any atom is -0.387 e. The molecule has 3 N–H and O–H groups in total. The van der Waals surface area contributed by atoms with E-state index in [1.807, 2.05) is 25.6 Å². The number of rotatable bonds is 6. The van der Waals surface area contributed by atoms with Crippen LogP contribution in [0.3, 0.4) is 0 Å². The molecule has 2 nitrogen and oxygen atoms in total. The maximum Gasteiger partial charge on any atom is 0.0963 e. The number of amidine groups is 1. The first-order chi connectivity index (χ1) is 9.13. The van der Waals surface area contributed by atoms with Gasteiger partial charge in [-0.3, -0.25) is 5.41 Å². The zero-order valence-electron chi connectivity index (χ0n) is 13.4. The van der Waals surface area contributed by atoms with Gasteiger partial charge >= 0.3 is 0 Å². The fourth-order valence-corrected chi connectivity index (χ4v) is 2.74. The van der Waals surface area contributed by atoms with E-state index in [-0.39, 0.29) is 16.7 Å². The van der Waals surface area contributed by atoms with Gasteiger partial charge in [-0.05, 0) is 41.7 Å². The highest BCUT2D eigenvalue weighted by atomic mass is 32.2. The second kappa shape index (κ2) is 6.66. The molecule has 0 radical (unpaired) electrons. The lowest BCUT2D eigenvalue weighted by atomic mass is 9.87. The fraction of sp³-hybridized carbons (Fsp3) is 0.588. The number of hydrogen-bond donors (Lipinski definition) is 2. The van der Waals surface area contributed by atoms with E-state index in [1.54, 1.807) is 0 Å². The topological polar surface area (TPSA) is 49.9 Å². The van der Waals surface area contributed by atoms with E-state index in [0.717, 1.165) is 18.6 Å². The summed E-state index contributed by atoms with van der Waals surface area (Å²) < 4.78 is 0. The van der Waals surface area contributed by atoms with Crippen LogP contribution in [-0.2, 0) is 5.41 Å². The average molecular weight is 292 g/mol. The van der Waals surface area contributed by atoms with Crippen LogP contribution in [0.25, 0.3) is 0 Å². The van der Waals surface area contributed by atoms with Crippen molar-refractivity contribution < 1.29 is 0 Å². The van der Waals surface area contributed by atoms with Crippen molar-refractivity contribution in [1.29, 1.82) is 5.41 Å². The van der Waals surface area contributed by atoms with Crippen LogP contribution in [0, 0.1) is 10.8 Å². The van der Waals surface area contributed by atoms with Crippen molar-refractivity contribution in [3.05, 3.63) is 29.8 Å². The van der Waals surface area contributed by atoms with E-state index in [2.05, 4.69) is 45.0 Å². The Balaban J connectivity index is 2.42. The smallest absolute Gasteiger partial charge is 0.0963 e. The van der Waals surface area contributed by atoms with Crippen molar-refractivity contribution in [2.75, 3.05) is 5.75 Å². The molecule has 0 unspecified atom stereocenters. The minimum absolute atomic E-state index is 0.170. The summed E-state index contributed by atoms with van der Waals surface area (Å²) in [4.78, 5) is 1.32. The van der Waals surface area contributed by atoms with Crippen LogP contribution in [0.4, 0.5) is 0 Å². The summed E-state index contributed by atoms with van der Waals surface area (Å²) >= 11 is 1.88. The van der Waals surface area contributed by atoms with Gasteiger partial charge in [-0.15, -0.1) is 11.8 Å². The molecule has 1 aromatic carbocycles. The van der Waals surface area contributed by atoms with E-state index in [0.29, 0.717) is 0 Å². The van der Waals surface area contributed by atoms with Crippen LogP contribution in [0.5, 0.6) is 0 Å². The van der Waals surface area contributed by atoms with Crippen molar-refractivity contribution in [3.63, 3.8) is 0 Å². The molecule has 0 atom stereocenters. The Morgan fingerprint density at radius 2 is 1.65 bits per heavy atom. The maximum atomic E-state index is 7.55.